The van der Waals surface area contributed by atoms with Crippen LogP contribution in [0.25, 0.3) is 0 Å². The maximum atomic E-state index is 6.27. The van der Waals surface area contributed by atoms with Gasteiger partial charge in [0.1, 0.15) is 6.04 Å². The van der Waals surface area contributed by atoms with E-state index in [2.05, 4.69) is 43.1 Å². The van der Waals surface area contributed by atoms with E-state index < -0.39 is 0 Å². The van der Waals surface area contributed by atoms with Gasteiger partial charge in [-0.15, -0.1) is 0 Å². The van der Waals surface area contributed by atoms with Crippen molar-refractivity contribution in [3.8, 4) is 0 Å². The van der Waals surface area contributed by atoms with E-state index in [0.29, 0.717) is 12.1 Å². The van der Waals surface area contributed by atoms with Gasteiger partial charge in [-0.05, 0) is 45.5 Å². The molecule has 1 aliphatic heterocycles. The van der Waals surface area contributed by atoms with Gasteiger partial charge in [0, 0.05) is 42.7 Å². The number of nitrogens with zero attached hydrogens (tertiary/aromatic N) is 1. The third-order valence-corrected chi connectivity index (χ3v) is 5.20. The van der Waals surface area contributed by atoms with Crippen LogP contribution in [0.2, 0.25) is 5.02 Å². The fourth-order valence-electron chi connectivity index (χ4n) is 3.53. The van der Waals surface area contributed by atoms with Crippen molar-refractivity contribution in [1.29, 1.82) is 0 Å². The molecule has 1 unspecified atom stereocenters. The summed E-state index contributed by atoms with van der Waals surface area (Å²) in [6.07, 6.45) is 1.16. The van der Waals surface area contributed by atoms with Crippen LogP contribution in [0.15, 0.2) is 18.2 Å². The summed E-state index contributed by atoms with van der Waals surface area (Å²) in [7, 11) is 2.04. The number of rotatable bonds is 6. The first-order chi connectivity index (χ1) is 10.5. The summed E-state index contributed by atoms with van der Waals surface area (Å²) in [5.41, 5.74) is 2.79. The molecule has 0 spiro atoms. The smallest absolute Gasteiger partial charge is 0.327 e. The zero-order valence-electron chi connectivity index (χ0n) is 15.5. The van der Waals surface area contributed by atoms with Gasteiger partial charge in [-0.2, -0.15) is 0 Å². The molecule has 0 saturated carbocycles. The first kappa shape index (κ1) is 22.5. The first-order valence-electron chi connectivity index (χ1n) is 8.52. The maximum absolute atomic E-state index is 6.27. The molecule has 1 fully saturated rings. The van der Waals surface area contributed by atoms with Gasteiger partial charge < -0.3 is 10.2 Å². The molecule has 0 bridgehead atoms. The summed E-state index contributed by atoms with van der Waals surface area (Å²) in [5.74, 6) is 0. The molecule has 1 aromatic carbocycles. The predicted molar refractivity (Wildman–Crippen MR) is 94.9 cm³/mol. The summed E-state index contributed by atoms with van der Waals surface area (Å²) in [5, 5.41) is 4.17. The second-order valence-electron chi connectivity index (χ2n) is 6.73. The number of quaternary nitrogens is 1. The Bertz CT molecular complexity index is 473. The van der Waals surface area contributed by atoms with Gasteiger partial charge in [-0.25, -0.2) is 0 Å². The van der Waals surface area contributed by atoms with E-state index in [-0.39, 0.29) is 68.9 Å². The molecule has 2 N–H and O–H groups in total. The van der Waals surface area contributed by atoms with Crippen molar-refractivity contribution in [2.45, 2.75) is 39.3 Å². The summed E-state index contributed by atoms with van der Waals surface area (Å²) in [6.45, 7) is 12.7. The molecular formula is C18H31ClCsN3+2. The molecule has 3 nitrogen and oxygen atoms in total. The molecule has 1 atom stereocenters. The standard InChI is InChI=1S/C18H30ClN3.Cs/c1-14(2)21-9-11-22(12-10-21)18(7-8-20-4)17-13-16(19)6-5-15(17)3;/h5-6,13-14,18,20H,7-12H2,1-4H3;/q;+1/p+1. The molecule has 0 aliphatic carbocycles. The normalized spacial score (nSPS) is 18.0. The van der Waals surface area contributed by atoms with Crippen LogP contribution in [0, 0.1) is 6.92 Å². The summed E-state index contributed by atoms with van der Waals surface area (Å²) in [6, 6.07) is 7.54. The zero-order chi connectivity index (χ0) is 16.1. The number of hydrogen-bond donors (Lipinski definition) is 2. The van der Waals surface area contributed by atoms with Crippen LogP contribution in [0.3, 0.4) is 0 Å². The summed E-state index contributed by atoms with van der Waals surface area (Å²) < 4.78 is 0. The Balaban J connectivity index is 0.00000264. The quantitative estimate of drug-likeness (QED) is 0.566. The molecule has 1 saturated heterocycles. The van der Waals surface area contributed by atoms with Crippen molar-refractivity contribution < 1.29 is 73.8 Å². The molecule has 124 valence electrons. The third kappa shape index (κ3) is 6.59. The van der Waals surface area contributed by atoms with Crippen molar-refractivity contribution in [1.82, 2.24) is 10.2 Å². The Morgan fingerprint density at radius 2 is 1.91 bits per heavy atom. The Labute approximate surface area is 205 Å². The van der Waals surface area contributed by atoms with Crippen LogP contribution in [-0.2, 0) is 0 Å². The van der Waals surface area contributed by atoms with Crippen LogP contribution in [0.4, 0.5) is 0 Å². The molecule has 0 amide bonds. The van der Waals surface area contributed by atoms with Gasteiger partial charge in [-0.3, -0.25) is 4.90 Å². The van der Waals surface area contributed by atoms with E-state index in [4.69, 9.17) is 11.6 Å². The molecule has 0 radical (unpaired) electrons. The number of halogens is 1. The Kier molecular flexibility index (Phi) is 11.0. The Morgan fingerprint density at radius 1 is 1.26 bits per heavy atom. The van der Waals surface area contributed by atoms with Crippen molar-refractivity contribution in [2.24, 2.45) is 0 Å². The van der Waals surface area contributed by atoms with Crippen molar-refractivity contribution in [3.05, 3.63) is 34.3 Å². The second kappa shape index (κ2) is 11.2. The van der Waals surface area contributed by atoms with Crippen LogP contribution < -0.4 is 79.1 Å². The fraction of sp³-hybridized carbons (Fsp3) is 0.667. The minimum atomic E-state index is 0. The minimum Gasteiger partial charge on any atom is -0.327 e. The Morgan fingerprint density at radius 3 is 2.48 bits per heavy atom. The molecule has 0 aromatic heterocycles. The van der Waals surface area contributed by atoms with Crippen LogP contribution in [-0.4, -0.2) is 50.7 Å². The molecule has 5 heteroatoms. The molecule has 1 aromatic rings. The summed E-state index contributed by atoms with van der Waals surface area (Å²) in [4.78, 5) is 4.29. The SMILES string of the molecule is CNCCC(c1cc(Cl)ccc1C)[NH+]1CCN(C(C)C)CC1.[Cs+]. The molecule has 2 rings (SSSR count). The van der Waals surface area contributed by atoms with E-state index in [1.807, 2.05) is 13.1 Å². The zero-order valence-corrected chi connectivity index (χ0v) is 22.5. The van der Waals surface area contributed by atoms with Gasteiger partial charge in [0.25, 0.3) is 0 Å². The predicted octanol–water partition coefficient (Wildman–Crippen LogP) is -1.09. The fourth-order valence-corrected chi connectivity index (χ4v) is 3.71. The van der Waals surface area contributed by atoms with Gasteiger partial charge in [0.15, 0.2) is 0 Å². The van der Waals surface area contributed by atoms with E-state index in [1.165, 1.54) is 37.3 Å². The minimum absolute atomic E-state index is 0. The second-order valence-corrected chi connectivity index (χ2v) is 7.17. The number of hydrogen-bond acceptors (Lipinski definition) is 2. The average Bonchev–Trinajstić information content (AvgIpc) is 2.51. The van der Waals surface area contributed by atoms with Gasteiger partial charge in [-0.1, -0.05) is 17.7 Å². The first-order valence-corrected chi connectivity index (χ1v) is 8.90. The molecule has 23 heavy (non-hydrogen) atoms. The number of piperazine rings is 1. The number of aryl methyl sites for hydroxylation is 1. The number of nitrogens with one attached hydrogen (secondary N) is 2. The van der Waals surface area contributed by atoms with E-state index in [9.17, 15) is 0 Å². The largest absolute Gasteiger partial charge is 1.00 e. The molecule has 1 aliphatic rings. The summed E-state index contributed by atoms with van der Waals surface area (Å²) >= 11 is 6.27. The van der Waals surface area contributed by atoms with Crippen molar-refractivity contribution in [3.63, 3.8) is 0 Å². The van der Waals surface area contributed by atoms with E-state index in [1.54, 1.807) is 4.90 Å². The Hall–Kier alpha value is 1.44. The van der Waals surface area contributed by atoms with Crippen LogP contribution in [0.1, 0.15) is 37.4 Å². The monoisotopic (exact) mass is 457 g/mol. The van der Waals surface area contributed by atoms with Gasteiger partial charge in [0.2, 0.25) is 0 Å². The number of benzene rings is 1. The maximum Gasteiger partial charge on any atom is 1.00 e. The molecule has 1 heterocycles. The van der Waals surface area contributed by atoms with E-state index in [0.717, 1.165) is 18.0 Å². The van der Waals surface area contributed by atoms with E-state index >= 15 is 0 Å². The van der Waals surface area contributed by atoms with Crippen LogP contribution >= 0.6 is 11.6 Å². The van der Waals surface area contributed by atoms with Gasteiger partial charge >= 0.3 is 68.9 Å². The van der Waals surface area contributed by atoms with Crippen molar-refractivity contribution >= 4 is 11.6 Å². The average molecular weight is 458 g/mol. The van der Waals surface area contributed by atoms with Gasteiger partial charge in [0.05, 0.1) is 13.1 Å². The third-order valence-electron chi connectivity index (χ3n) is 4.96. The van der Waals surface area contributed by atoms with Crippen LogP contribution in [0.5, 0.6) is 0 Å². The topological polar surface area (TPSA) is 19.7 Å². The molecular weight excluding hydrogens is 427 g/mol. The van der Waals surface area contributed by atoms with Crippen molar-refractivity contribution in [2.75, 3.05) is 39.8 Å².